The number of carbonyl (C=O) groups is 1. The van der Waals surface area contributed by atoms with E-state index < -0.39 is 0 Å². The fraction of sp³-hybridized carbons (Fsp3) is 0.500. The zero-order valence-corrected chi connectivity index (χ0v) is 9.89. The van der Waals surface area contributed by atoms with Crippen molar-refractivity contribution >= 4 is 11.8 Å². The van der Waals surface area contributed by atoms with Gasteiger partial charge in [0.1, 0.15) is 5.82 Å². The molecular formula is C12H16N2O3. The highest BCUT2D eigenvalue weighted by Crippen LogP contribution is 2.13. The maximum atomic E-state index is 11.6. The number of anilines is 1. The number of hydrogen-bond donors (Lipinski definition) is 0. The zero-order valence-electron chi connectivity index (χ0n) is 9.89. The molecule has 0 bridgehead atoms. The number of morpholine rings is 1. The van der Waals surface area contributed by atoms with Gasteiger partial charge in [0.25, 0.3) is 0 Å². The first-order chi connectivity index (χ1) is 8.31. The SMILES string of the molecule is CCOC(=O)c1cccc(N2CCOCC2)n1. The van der Waals surface area contributed by atoms with Crippen LogP contribution in [0.15, 0.2) is 18.2 Å². The van der Waals surface area contributed by atoms with Crippen LogP contribution in [0.5, 0.6) is 0 Å². The molecule has 5 nitrogen and oxygen atoms in total. The van der Waals surface area contributed by atoms with Crippen LogP contribution in [0.1, 0.15) is 17.4 Å². The molecule has 0 amide bonds. The summed E-state index contributed by atoms with van der Waals surface area (Å²) in [5.74, 6) is 0.432. The van der Waals surface area contributed by atoms with Gasteiger partial charge in [-0.3, -0.25) is 0 Å². The maximum Gasteiger partial charge on any atom is 0.356 e. The van der Waals surface area contributed by atoms with Gasteiger partial charge in [0.15, 0.2) is 5.69 Å². The van der Waals surface area contributed by atoms with E-state index in [0.29, 0.717) is 25.5 Å². The quantitative estimate of drug-likeness (QED) is 0.735. The largest absolute Gasteiger partial charge is 0.461 e. The fourth-order valence-corrected chi connectivity index (χ4v) is 1.71. The summed E-state index contributed by atoms with van der Waals surface area (Å²) in [6.45, 7) is 5.15. The normalized spacial score (nSPS) is 15.7. The standard InChI is InChI=1S/C12H16N2O3/c1-2-17-12(15)10-4-3-5-11(13-10)14-6-8-16-9-7-14/h3-5H,2,6-9H2,1H3. The number of carbonyl (C=O) groups excluding carboxylic acids is 1. The minimum atomic E-state index is -0.373. The third kappa shape index (κ3) is 2.94. The van der Waals surface area contributed by atoms with E-state index in [1.807, 2.05) is 12.1 Å². The lowest BCUT2D eigenvalue weighted by molar-refractivity contribution is 0.0519. The summed E-state index contributed by atoms with van der Waals surface area (Å²) in [4.78, 5) is 18.0. The van der Waals surface area contributed by atoms with Gasteiger partial charge >= 0.3 is 5.97 Å². The highest BCUT2D eigenvalue weighted by Gasteiger charge is 2.15. The molecule has 92 valence electrons. The minimum Gasteiger partial charge on any atom is -0.461 e. The molecule has 1 fully saturated rings. The van der Waals surface area contributed by atoms with Crippen LogP contribution >= 0.6 is 0 Å². The smallest absolute Gasteiger partial charge is 0.356 e. The van der Waals surface area contributed by atoms with E-state index in [1.165, 1.54) is 0 Å². The van der Waals surface area contributed by atoms with Gasteiger partial charge in [-0.15, -0.1) is 0 Å². The van der Waals surface area contributed by atoms with Gasteiger partial charge in [-0.05, 0) is 19.1 Å². The topological polar surface area (TPSA) is 51.7 Å². The molecule has 1 aromatic rings. The third-order valence-electron chi connectivity index (χ3n) is 2.55. The minimum absolute atomic E-state index is 0.357. The Labute approximate surface area is 100 Å². The Hall–Kier alpha value is -1.62. The molecule has 0 N–H and O–H groups in total. The molecule has 2 heterocycles. The van der Waals surface area contributed by atoms with Crippen molar-refractivity contribution in [3.63, 3.8) is 0 Å². The Morgan fingerprint density at radius 1 is 1.47 bits per heavy atom. The van der Waals surface area contributed by atoms with E-state index in [4.69, 9.17) is 9.47 Å². The maximum absolute atomic E-state index is 11.6. The first kappa shape index (κ1) is 11.9. The van der Waals surface area contributed by atoms with Crippen LogP contribution in [0.4, 0.5) is 5.82 Å². The van der Waals surface area contributed by atoms with Crippen molar-refractivity contribution < 1.29 is 14.3 Å². The van der Waals surface area contributed by atoms with Crippen molar-refractivity contribution in [3.8, 4) is 0 Å². The first-order valence-corrected chi connectivity index (χ1v) is 5.78. The van der Waals surface area contributed by atoms with E-state index in [-0.39, 0.29) is 5.97 Å². The van der Waals surface area contributed by atoms with Crippen molar-refractivity contribution in [1.29, 1.82) is 0 Å². The zero-order chi connectivity index (χ0) is 12.1. The molecule has 5 heteroatoms. The number of nitrogens with zero attached hydrogens (tertiary/aromatic N) is 2. The highest BCUT2D eigenvalue weighted by molar-refractivity contribution is 5.87. The van der Waals surface area contributed by atoms with Gasteiger partial charge in [0.2, 0.25) is 0 Å². The van der Waals surface area contributed by atoms with Crippen molar-refractivity contribution in [1.82, 2.24) is 4.98 Å². The number of rotatable bonds is 3. The Morgan fingerprint density at radius 3 is 2.94 bits per heavy atom. The Balaban J connectivity index is 2.12. The van der Waals surface area contributed by atoms with Crippen molar-refractivity contribution in [2.45, 2.75) is 6.92 Å². The molecule has 0 saturated carbocycles. The van der Waals surface area contributed by atoms with Crippen molar-refractivity contribution in [2.24, 2.45) is 0 Å². The fourth-order valence-electron chi connectivity index (χ4n) is 1.71. The lowest BCUT2D eigenvalue weighted by atomic mass is 10.3. The number of ether oxygens (including phenoxy) is 2. The predicted octanol–water partition coefficient (Wildman–Crippen LogP) is 1.09. The van der Waals surface area contributed by atoms with Crippen molar-refractivity contribution in [3.05, 3.63) is 23.9 Å². The summed E-state index contributed by atoms with van der Waals surface area (Å²) in [5.41, 5.74) is 0.357. The van der Waals surface area contributed by atoms with Gasteiger partial charge in [-0.25, -0.2) is 9.78 Å². The second-order valence-electron chi connectivity index (χ2n) is 3.70. The molecule has 1 saturated heterocycles. The predicted molar refractivity (Wildman–Crippen MR) is 63.2 cm³/mol. The monoisotopic (exact) mass is 236 g/mol. The van der Waals surface area contributed by atoms with E-state index in [1.54, 1.807) is 13.0 Å². The summed E-state index contributed by atoms with van der Waals surface area (Å²) >= 11 is 0. The molecule has 0 radical (unpaired) electrons. The van der Waals surface area contributed by atoms with Gasteiger partial charge in [-0.1, -0.05) is 6.07 Å². The van der Waals surface area contributed by atoms with E-state index in [0.717, 1.165) is 18.9 Å². The first-order valence-electron chi connectivity index (χ1n) is 5.78. The Morgan fingerprint density at radius 2 is 2.24 bits per heavy atom. The molecular weight excluding hydrogens is 220 g/mol. The number of hydrogen-bond acceptors (Lipinski definition) is 5. The summed E-state index contributed by atoms with van der Waals surface area (Å²) in [6, 6.07) is 5.39. The van der Waals surface area contributed by atoms with Crippen LogP contribution in [0.25, 0.3) is 0 Å². The summed E-state index contributed by atoms with van der Waals surface area (Å²) in [5, 5.41) is 0. The van der Waals surface area contributed by atoms with E-state index >= 15 is 0 Å². The number of pyridine rings is 1. The second kappa shape index (κ2) is 5.63. The lowest BCUT2D eigenvalue weighted by Gasteiger charge is -2.27. The van der Waals surface area contributed by atoms with Crippen LogP contribution in [-0.4, -0.2) is 43.9 Å². The average Bonchev–Trinajstić information content (AvgIpc) is 2.40. The highest BCUT2D eigenvalue weighted by atomic mass is 16.5. The molecule has 1 aliphatic rings. The van der Waals surface area contributed by atoms with Gasteiger partial charge in [0, 0.05) is 13.1 Å². The number of aromatic nitrogens is 1. The molecule has 2 rings (SSSR count). The third-order valence-corrected chi connectivity index (χ3v) is 2.55. The average molecular weight is 236 g/mol. The van der Waals surface area contributed by atoms with Gasteiger partial charge in [-0.2, -0.15) is 0 Å². The molecule has 1 aromatic heterocycles. The van der Waals surface area contributed by atoms with E-state index in [9.17, 15) is 4.79 Å². The molecule has 0 atom stereocenters. The molecule has 0 unspecified atom stereocenters. The molecule has 0 spiro atoms. The molecule has 0 aromatic carbocycles. The Bertz CT molecular complexity index is 389. The van der Waals surface area contributed by atoms with Gasteiger partial charge < -0.3 is 14.4 Å². The summed E-state index contributed by atoms with van der Waals surface area (Å²) < 4.78 is 10.2. The Kier molecular flexibility index (Phi) is 3.93. The molecule has 0 aliphatic carbocycles. The van der Waals surface area contributed by atoms with Gasteiger partial charge in [0.05, 0.1) is 19.8 Å². The number of esters is 1. The molecule has 17 heavy (non-hydrogen) atoms. The van der Waals surface area contributed by atoms with Crippen LogP contribution in [-0.2, 0) is 9.47 Å². The van der Waals surface area contributed by atoms with Crippen molar-refractivity contribution in [2.75, 3.05) is 37.8 Å². The van der Waals surface area contributed by atoms with Crippen LogP contribution in [0.3, 0.4) is 0 Å². The molecule has 1 aliphatic heterocycles. The summed E-state index contributed by atoms with van der Waals surface area (Å²) in [7, 11) is 0. The van der Waals surface area contributed by atoms with Crippen LogP contribution in [0.2, 0.25) is 0 Å². The summed E-state index contributed by atoms with van der Waals surface area (Å²) in [6.07, 6.45) is 0. The van der Waals surface area contributed by atoms with E-state index in [2.05, 4.69) is 9.88 Å². The second-order valence-corrected chi connectivity index (χ2v) is 3.70. The van der Waals surface area contributed by atoms with Crippen LogP contribution in [0, 0.1) is 0 Å². The van der Waals surface area contributed by atoms with Crippen LogP contribution < -0.4 is 4.90 Å². The lowest BCUT2D eigenvalue weighted by Crippen LogP contribution is -2.36.